The predicted molar refractivity (Wildman–Crippen MR) is 78.0 cm³/mol. The number of amides is 2. The van der Waals surface area contributed by atoms with Gasteiger partial charge in [0.1, 0.15) is 5.54 Å². The van der Waals surface area contributed by atoms with Gasteiger partial charge in [-0.15, -0.1) is 0 Å². The van der Waals surface area contributed by atoms with Crippen molar-refractivity contribution >= 4 is 12.0 Å². The van der Waals surface area contributed by atoms with E-state index >= 15 is 0 Å². The van der Waals surface area contributed by atoms with Gasteiger partial charge in [0.25, 0.3) is 0 Å². The van der Waals surface area contributed by atoms with Crippen molar-refractivity contribution in [3.63, 3.8) is 0 Å². The molecule has 0 aromatic carbocycles. The molecule has 0 aromatic heterocycles. The first kappa shape index (κ1) is 16.1. The molecule has 21 heavy (non-hydrogen) atoms. The number of aliphatic hydroxyl groups excluding tert-OH is 1. The number of hydrogen-bond donors (Lipinski definition) is 3. The average Bonchev–Trinajstić information content (AvgIpc) is 2.87. The van der Waals surface area contributed by atoms with E-state index in [1.807, 2.05) is 6.92 Å². The Balaban J connectivity index is 2.07. The molecule has 0 aromatic rings. The molecule has 2 amide bonds. The van der Waals surface area contributed by atoms with Crippen molar-refractivity contribution in [3.05, 3.63) is 0 Å². The zero-order valence-electron chi connectivity index (χ0n) is 12.7. The molecule has 120 valence electrons. The molecule has 2 aliphatic rings. The van der Waals surface area contributed by atoms with Crippen LogP contribution in [0.1, 0.15) is 58.3 Å². The number of aliphatic hydroxyl groups is 1. The summed E-state index contributed by atoms with van der Waals surface area (Å²) in [4.78, 5) is 25.7. The Morgan fingerprint density at radius 1 is 1.29 bits per heavy atom. The van der Waals surface area contributed by atoms with Crippen molar-refractivity contribution in [2.75, 3.05) is 6.54 Å². The van der Waals surface area contributed by atoms with Crippen LogP contribution in [-0.4, -0.2) is 51.3 Å². The zero-order chi connectivity index (χ0) is 15.5. The van der Waals surface area contributed by atoms with Crippen molar-refractivity contribution in [2.24, 2.45) is 0 Å². The van der Waals surface area contributed by atoms with Crippen molar-refractivity contribution in [3.8, 4) is 0 Å². The molecular weight excluding hydrogens is 272 g/mol. The summed E-state index contributed by atoms with van der Waals surface area (Å²) < 4.78 is 0. The molecule has 3 N–H and O–H groups in total. The van der Waals surface area contributed by atoms with Gasteiger partial charge in [-0.3, -0.25) is 0 Å². The van der Waals surface area contributed by atoms with Gasteiger partial charge in [-0.2, -0.15) is 0 Å². The van der Waals surface area contributed by atoms with E-state index in [2.05, 4.69) is 5.32 Å². The first-order chi connectivity index (χ1) is 10.0. The minimum absolute atomic E-state index is 0.250. The van der Waals surface area contributed by atoms with Crippen molar-refractivity contribution < 1.29 is 19.8 Å². The maximum atomic E-state index is 12.5. The van der Waals surface area contributed by atoms with Gasteiger partial charge in [-0.1, -0.05) is 26.2 Å². The van der Waals surface area contributed by atoms with Crippen LogP contribution in [0.5, 0.6) is 0 Å². The highest BCUT2D eigenvalue weighted by Gasteiger charge is 2.49. The van der Waals surface area contributed by atoms with E-state index in [4.69, 9.17) is 0 Å². The third-order valence-corrected chi connectivity index (χ3v) is 4.83. The van der Waals surface area contributed by atoms with Gasteiger partial charge in [0, 0.05) is 6.54 Å². The molecule has 1 aliphatic heterocycles. The Labute approximate surface area is 125 Å². The van der Waals surface area contributed by atoms with Gasteiger partial charge in [0.15, 0.2) is 0 Å². The minimum atomic E-state index is -1.07. The molecule has 1 aliphatic carbocycles. The van der Waals surface area contributed by atoms with Crippen LogP contribution >= 0.6 is 0 Å². The van der Waals surface area contributed by atoms with E-state index < -0.39 is 17.6 Å². The summed E-state index contributed by atoms with van der Waals surface area (Å²) in [6, 6.07) is -0.589. The quantitative estimate of drug-likeness (QED) is 0.737. The van der Waals surface area contributed by atoms with Crippen LogP contribution in [-0.2, 0) is 4.79 Å². The van der Waals surface area contributed by atoms with Crippen LogP contribution in [0.2, 0.25) is 0 Å². The number of aliphatic carboxylic acids is 1. The van der Waals surface area contributed by atoms with Crippen LogP contribution in [0.15, 0.2) is 0 Å². The molecule has 1 saturated heterocycles. The summed E-state index contributed by atoms with van der Waals surface area (Å²) in [5, 5.41) is 22.4. The standard InChI is InChI=1S/C15H26N2O4/c1-2-8-15(13(19)20)9-5-10-17(15)14(21)16-11-6-3-4-7-12(11)18/h11-12,18H,2-10H2,1H3,(H,16,21)(H,19,20). The molecule has 6 heteroatoms. The SMILES string of the molecule is CCCC1(C(=O)O)CCCN1C(=O)NC1CCCCC1O. The van der Waals surface area contributed by atoms with Gasteiger partial charge in [0.05, 0.1) is 12.1 Å². The lowest BCUT2D eigenvalue weighted by atomic mass is 9.90. The van der Waals surface area contributed by atoms with Crippen LogP contribution < -0.4 is 5.32 Å². The van der Waals surface area contributed by atoms with Crippen molar-refractivity contribution in [1.29, 1.82) is 0 Å². The zero-order valence-corrected chi connectivity index (χ0v) is 12.7. The second-order valence-corrected chi connectivity index (χ2v) is 6.25. The van der Waals surface area contributed by atoms with Crippen LogP contribution in [0.4, 0.5) is 4.79 Å². The number of carbonyl (C=O) groups excluding carboxylic acids is 1. The second kappa shape index (κ2) is 6.64. The van der Waals surface area contributed by atoms with Gasteiger partial charge < -0.3 is 20.4 Å². The average molecular weight is 298 g/mol. The first-order valence-corrected chi connectivity index (χ1v) is 8.01. The molecule has 0 bridgehead atoms. The summed E-state index contributed by atoms with van der Waals surface area (Å²) in [7, 11) is 0. The number of urea groups is 1. The number of nitrogens with one attached hydrogen (secondary N) is 1. The van der Waals surface area contributed by atoms with E-state index in [9.17, 15) is 19.8 Å². The molecular formula is C15H26N2O4. The van der Waals surface area contributed by atoms with Gasteiger partial charge >= 0.3 is 12.0 Å². The second-order valence-electron chi connectivity index (χ2n) is 6.25. The molecule has 0 spiro atoms. The van der Waals surface area contributed by atoms with Gasteiger partial charge in [0.2, 0.25) is 0 Å². The highest BCUT2D eigenvalue weighted by atomic mass is 16.4. The number of likely N-dealkylation sites (tertiary alicyclic amines) is 1. The Hall–Kier alpha value is -1.30. The van der Waals surface area contributed by atoms with Crippen LogP contribution in [0, 0.1) is 0 Å². The van der Waals surface area contributed by atoms with Crippen LogP contribution in [0.3, 0.4) is 0 Å². The Morgan fingerprint density at radius 2 is 2.00 bits per heavy atom. The smallest absolute Gasteiger partial charge is 0.329 e. The lowest BCUT2D eigenvalue weighted by molar-refractivity contribution is -0.148. The van der Waals surface area contributed by atoms with E-state index in [0.717, 1.165) is 25.7 Å². The molecule has 1 heterocycles. The molecule has 6 nitrogen and oxygen atoms in total. The maximum Gasteiger partial charge on any atom is 0.329 e. The van der Waals surface area contributed by atoms with E-state index in [-0.39, 0.29) is 12.1 Å². The Kier molecular flexibility index (Phi) is 5.08. The number of hydrogen-bond acceptors (Lipinski definition) is 3. The molecule has 3 unspecified atom stereocenters. The molecule has 2 rings (SSSR count). The Bertz CT molecular complexity index is 401. The summed E-state index contributed by atoms with van der Waals surface area (Å²) >= 11 is 0. The number of rotatable bonds is 4. The summed E-state index contributed by atoms with van der Waals surface area (Å²) in [5.41, 5.74) is -1.07. The fraction of sp³-hybridized carbons (Fsp3) is 0.867. The molecule has 0 radical (unpaired) electrons. The number of nitrogens with zero attached hydrogens (tertiary/aromatic N) is 1. The van der Waals surface area contributed by atoms with E-state index in [0.29, 0.717) is 32.2 Å². The minimum Gasteiger partial charge on any atom is -0.479 e. The lowest BCUT2D eigenvalue weighted by Gasteiger charge is -2.37. The normalized spacial score (nSPS) is 33.0. The van der Waals surface area contributed by atoms with Crippen molar-refractivity contribution in [2.45, 2.75) is 76.0 Å². The van der Waals surface area contributed by atoms with Crippen LogP contribution in [0.25, 0.3) is 0 Å². The number of carboxylic acid groups (broad SMARTS) is 1. The summed E-state index contributed by atoms with van der Waals surface area (Å²) in [5.74, 6) is -0.916. The van der Waals surface area contributed by atoms with E-state index in [1.165, 1.54) is 4.90 Å². The topological polar surface area (TPSA) is 89.9 Å². The fourth-order valence-corrected chi connectivity index (χ4v) is 3.69. The highest BCUT2D eigenvalue weighted by molar-refractivity contribution is 5.87. The predicted octanol–water partition coefficient (Wildman–Crippen LogP) is 1.72. The monoisotopic (exact) mass is 298 g/mol. The fourth-order valence-electron chi connectivity index (χ4n) is 3.69. The van der Waals surface area contributed by atoms with Gasteiger partial charge in [-0.25, -0.2) is 9.59 Å². The largest absolute Gasteiger partial charge is 0.479 e. The third-order valence-electron chi connectivity index (χ3n) is 4.83. The maximum absolute atomic E-state index is 12.5. The van der Waals surface area contributed by atoms with E-state index in [1.54, 1.807) is 0 Å². The lowest BCUT2D eigenvalue weighted by Crippen LogP contribution is -2.58. The third kappa shape index (κ3) is 3.15. The number of carboxylic acids is 1. The molecule has 3 atom stereocenters. The number of carbonyl (C=O) groups is 2. The summed E-state index contributed by atoms with van der Waals surface area (Å²) in [6.07, 6.45) is 5.33. The van der Waals surface area contributed by atoms with Crippen molar-refractivity contribution in [1.82, 2.24) is 10.2 Å². The summed E-state index contributed by atoms with van der Waals surface area (Å²) in [6.45, 7) is 2.41. The molecule has 2 fully saturated rings. The van der Waals surface area contributed by atoms with Gasteiger partial charge in [-0.05, 0) is 32.1 Å². The first-order valence-electron chi connectivity index (χ1n) is 8.01. The highest BCUT2D eigenvalue weighted by Crippen LogP contribution is 2.34. The molecule has 1 saturated carbocycles. The Morgan fingerprint density at radius 3 is 2.62 bits per heavy atom.